The molecule has 1 heterocycles. The number of aryl methyl sites for hydroxylation is 2. The molecular formula is C22H22NO5S-. The van der Waals surface area contributed by atoms with Crippen molar-refractivity contribution >= 4 is 34.2 Å². The van der Waals surface area contributed by atoms with Crippen LogP contribution in [0.15, 0.2) is 35.7 Å². The van der Waals surface area contributed by atoms with E-state index >= 15 is 0 Å². The summed E-state index contributed by atoms with van der Waals surface area (Å²) in [5.74, 6) is -3.88. The summed E-state index contributed by atoms with van der Waals surface area (Å²) in [5, 5.41) is 16.3. The highest BCUT2D eigenvalue weighted by Crippen LogP contribution is 2.38. The molecule has 1 N–H and O–H groups in total. The third-order valence-corrected chi connectivity index (χ3v) is 6.20. The van der Waals surface area contributed by atoms with Crippen LogP contribution in [0.3, 0.4) is 0 Å². The maximum Gasteiger partial charge on any atom is 0.341 e. The zero-order valence-corrected chi connectivity index (χ0v) is 17.3. The number of carbonyl (C=O) groups excluding carboxylic acids is 3. The van der Waals surface area contributed by atoms with Crippen molar-refractivity contribution in [3.63, 3.8) is 0 Å². The predicted octanol–water partition coefficient (Wildman–Crippen LogP) is 3.09. The fourth-order valence-electron chi connectivity index (χ4n) is 3.45. The first-order chi connectivity index (χ1) is 13.8. The Morgan fingerprint density at radius 2 is 1.79 bits per heavy atom. The van der Waals surface area contributed by atoms with Crippen LogP contribution >= 0.6 is 11.3 Å². The summed E-state index contributed by atoms with van der Waals surface area (Å²) in [6, 6.07) is 5.87. The fraction of sp³-hybridized carbons (Fsp3) is 0.318. The summed E-state index contributed by atoms with van der Waals surface area (Å²) in [5.41, 5.74) is 4.00. The molecule has 0 saturated carbocycles. The van der Waals surface area contributed by atoms with E-state index in [0.717, 1.165) is 16.7 Å². The number of esters is 1. The average molecular weight is 412 g/mol. The van der Waals surface area contributed by atoms with Gasteiger partial charge in [0, 0.05) is 22.8 Å². The number of carbonyl (C=O) groups is 3. The van der Waals surface area contributed by atoms with Crippen LogP contribution < -0.4 is 10.4 Å². The molecule has 7 heteroatoms. The summed E-state index contributed by atoms with van der Waals surface area (Å²) in [7, 11) is 1.29. The summed E-state index contributed by atoms with van der Waals surface area (Å²) in [6.07, 6.45) is 4.10. The molecule has 152 valence electrons. The van der Waals surface area contributed by atoms with Crippen molar-refractivity contribution in [1.82, 2.24) is 0 Å². The molecule has 1 aliphatic rings. The highest BCUT2D eigenvalue weighted by atomic mass is 32.1. The third-order valence-electron chi connectivity index (χ3n) is 5.31. The molecule has 0 bridgehead atoms. The highest BCUT2D eigenvalue weighted by molar-refractivity contribution is 7.15. The number of methoxy groups -OCH3 is 1. The van der Waals surface area contributed by atoms with E-state index in [-0.39, 0.29) is 12.0 Å². The van der Waals surface area contributed by atoms with E-state index in [1.54, 1.807) is 17.5 Å². The first-order valence-electron chi connectivity index (χ1n) is 9.27. The van der Waals surface area contributed by atoms with Crippen LogP contribution in [0.5, 0.6) is 0 Å². The van der Waals surface area contributed by atoms with Crippen molar-refractivity contribution in [1.29, 1.82) is 0 Å². The molecular weight excluding hydrogens is 390 g/mol. The molecule has 2 aromatic rings. The first kappa shape index (κ1) is 20.8. The van der Waals surface area contributed by atoms with E-state index in [2.05, 4.69) is 5.32 Å². The van der Waals surface area contributed by atoms with Gasteiger partial charge in [0.25, 0.3) is 0 Å². The molecule has 2 atom stereocenters. The zero-order valence-electron chi connectivity index (χ0n) is 16.5. The number of ether oxygens (including phenoxy) is 1. The topological polar surface area (TPSA) is 95.5 Å². The number of thiophene rings is 1. The van der Waals surface area contributed by atoms with Gasteiger partial charge in [-0.05, 0) is 43.4 Å². The van der Waals surface area contributed by atoms with Crippen molar-refractivity contribution in [3.8, 4) is 11.1 Å². The van der Waals surface area contributed by atoms with Gasteiger partial charge in [0.05, 0.1) is 13.0 Å². The molecule has 0 saturated heterocycles. The molecule has 0 spiro atoms. The van der Waals surface area contributed by atoms with Gasteiger partial charge in [0.15, 0.2) is 0 Å². The van der Waals surface area contributed by atoms with Crippen molar-refractivity contribution < 1.29 is 24.2 Å². The SMILES string of the molecule is COC(=O)c1c(-c2ccc(C)c(C)c2)csc1NC(=O)[C@@H]1CC=CC[C@H]1C(=O)[O-]. The average Bonchev–Trinajstić information content (AvgIpc) is 3.12. The Morgan fingerprint density at radius 3 is 2.41 bits per heavy atom. The number of carboxylic acids is 1. The Balaban J connectivity index is 1.95. The number of hydrogen-bond donors (Lipinski definition) is 1. The number of anilines is 1. The second kappa shape index (κ2) is 8.61. The molecule has 0 aliphatic heterocycles. The molecule has 1 aliphatic carbocycles. The van der Waals surface area contributed by atoms with Gasteiger partial charge < -0.3 is 20.0 Å². The van der Waals surface area contributed by atoms with E-state index in [0.29, 0.717) is 17.0 Å². The summed E-state index contributed by atoms with van der Waals surface area (Å²) < 4.78 is 4.94. The number of amides is 1. The maximum atomic E-state index is 12.8. The number of aliphatic carboxylic acids is 1. The molecule has 29 heavy (non-hydrogen) atoms. The van der Waals surface area contributed by atoms with Crippen LogP contribution in [0.25, 0.3) is 11.1 Å². The second-order valence-electron chi connectivity index (χ2n) is 7.11. The molecule has 0 radical (unpaired) electrons. The smallest absolute Gasteiger partial charge is 0.341 e. The van der Waals surface area contributed by atoms with Crippen LogP contribution in [0, 0.1) is 25.7 Å². The minimum absolute atomic E-state index is 0.253. The quantitative estimate of drug-likeness (QED) is 0.601. The molecule has 0 unspecified atom stereocenters. The van der Waals surface area contributed by atoms with Gasteiger partial charge in [-0.3, -0.25) is 4.79 Å². The molecule has 0 fully saturated rings. The van der Waals surface area contributed by atoms with Crippen LogP contribution in [0.1, 0.15) is 34.3 Å². The lowest BCUT2D eigenvalue weighted by atomic mass is 9.82. The molecule has 3 rings (SSSR count). The predicted molar refractivity (Wildman–Crippen MR) is 110 cm³/mol. The van der Waals surface area contributed by atoms with Crippen molar-refractivity contribution in [2.24, 2.45) is 11.8 Å². The Morgan fingerprint density at radius 1 is 1.10 bits per heavy atom. The van der Waals surface area contributed by atoms with E-state index < -0.39 is 29.7 Å². The van der Waals surface area contributed by atoms with Gasteiger partial charge in [-0.1, -0.05) is 30.4 Å². The minimum Gasteiger partial charge on any atom is -0.550 e. The summed E-state index contributed by atoms with van der Waals surface area (Å²) in [6.45, 7) is 3.99. The Kier molecular flexibility index (Phi) is 6.17. The number of rotatable bonds is 5. The standard InChI is InChI=1S/C22H23NO5S/c1-12-8-9-14(10-13(12)2)17-11-29-20(18(17)22(27)28-3)23-19(24)15-6-4-5-7-16(15)21(25)26/h4-5,8-11,15-16H,6-7H2,1-3H3,(H,23,24)(H,25,26)/p-1/t15-,16-/m1/s1. The van der Waals surface area contributed by atoms with Crippen LogP contribution in [-0.4, -0.2) is 25.0 Å². The summed E-state index contributed by atoms with van der Waals surface area (Å²) >= 11 is 1.21. The Bertz CT molecular complexity index is 991. The molecule has 1 aromatic heterocycles. The Hall–Kier alpha value is -2.93. The van der Waals surface area contributed by atoms with E-state index in [9.17, 15) is 19.5 Å². The number of nitrogens with one attached hydrogen (secondary N) is 1. The number of carboxylic acid groups (broad SMARTS) is 1. The maximum absolute atomic E-state index is 12.8. The third kappa shape index (κ3) is 4.24. The highest BCUT2D eigenvalue weighted by Gasteiger charge is 2.31. The Labute approximate surface area is 173 Å². The first-order valence-corrected chi connectivity index (χ1v) is 10.2. The summed E-state index contributed by atoms with van der Waals surface area (Å²) in [4.78, 5) is 36.7. The number of allylic oxidation sites excluding steroid dienone is 2. The lowest BCUT2D eigenvalue weighted by Gasteiger charge is -2.28. The molecule has 6 nitrogen and oxygen atoms in total. The van der Waals surface area contributed by atoms with Gasteiger partial charge in [0.1, 0.15) is 10.6 Å². The lowest BCUT2D eigenvalue weighted by molar-refractivity contribution is -0.313. The van der Waals surface area contributed by atoms with Gasteiger partial charge in [-0.2, -0.15) is 0 Å². The second-order valence-corrected chi connectivity index (χ2v) is 7.99. The van der Waals surface area contributed by atoms with E-state index in [1.165, 1.54) is 18.4 Å². The molecule has 1 aromatic carbocycles. The zero-order chi connectivity index (χ0) is 21.1. The van der Waals surface area contributed by atoms with Crippen molar-refractivity contribution in [2.45, 2.75) is 26.7 Å². The van der Waals surface area contributed by atoms with E-state index in [1.807, 2.05) is 32.0 Å². The van der Waals surface area contributed by atoms with Crippen LogP contribution in [0.4, 0.5) is 5.00 Å². The lowest BCUT2D eigenvalue weighted by Crippen LogP contribution is -2.41. The van der Waals surface area contributed by atoms with Gasteiger partial charge >= 0.3 is 5.97 Å². The van der Waals surface area contributed by atoms with E-state index in [4.69, 9.17) is 4.74 Å². The molecule has 1 amide bonds. The minimum atomic E-state index is -1.25. The van der Waals surface area contributed by atoms with Crippen molar-refractivity contribution in [3.05, 3.63) is 52.4 Å². The van der Waals surface area contributed by atoms with Crippen molar-refractivity contribution in [2.75, 3.05) is 12.4 Å². The monoisotopic (exact) mass is 412 g/mol. The largest absolute Gasteiger partial charge is 0.550 e. The van der Waals surface area contributed by atoms with Crippen LogP contribution in [-0.2, 0) is 14.3 Å². The van der Waals surface area contributed by atoms with Gasteiger partial charge in [-0.15, -0.1) is 11.3 Å². The van der Waals surface area contributed by atoms with Gasteiger partial charge in [0.2, 0.25) is 5.91 Å². The normalized spacial score (nSPS) is 18.3. The fourth-order valence-corrected chi connectivity index (χ4v) is 4.41. The van der Waals surface area contributed by atoms with Crippen LogP contribution in [0.2, 0.25) is 0 Å². The van der Waals surface area contributed by atoms with Gasteiger partial charge in [-0.25, -0.2) is 4.79 Å². The number of hydrogen-bond acceptors (Lipinski definition) is 6. The number of benzene rings is 1.